The van der Waals surface area contributed by atoms with Gasteiger partial charge in [0.1, 0.15) is 10.6 Å². The molecule has 0 spiro atoms. The maximum absolute atomic E-state index is 12.4. The van der Waals surface area contributed by atoms with E-state index in [1.54, 1.807) is 18.2 Å². The average Bonchev–Trinajstić information content (AvgIpc) is 2.65. The molecule has 0 radical (unpaired) electrons. The van der Waals surface area contributed by atoms with Gasteiger partial charge in [-0.1, -0.05) is 23.7 Å². The van der Waals surface area contributed by atoms with E-state index < -0.39 is 28.4 Å². The Bertz CT molecular complexity index is 972. The van der Waals surface area contributed by atoms with E-state index in [9.17, 15) is 18.0 Å². The highest BCUT2D eigenvalue weighted by Crippen LogP contribution is 2.27. The first kappa shape index (κ1) is 20.9. The van der Waals surface area contributed by atoms with E-state index in [0.29, 0.717) is 0 Å². The van der Waals surface area contributed by atoms with Crippen LogP contribution in [0.2, 0.25) is 5.02 Å². The van der Waals surface area contributed by atoms with E-state index in [2.05, 4.69) is 0 Å². The summed E-state index contributed by atoms with van der Waals surface area (Å²) >= 11 is 5.94. The van der Waals surface area contributed by atoms with Crippen molar-refractivity contribution in [1.82, 2.24) is 4.31 Å². The number of halogens is 1. The second-order valence-corrected chi connectivity index (χ2v) is 8.16. The Kier molecular flexibility index (Phi) is 6.59. The lowest BCUT2D eigenvalue weighted by molar-refractivity contribution is 0.0474. The van der Waals surface area contributed by atoms with Crippen molar-refractivity contribution in [2.24, 2.45) is 0 Å². The summed E-state index contributed by atoms with van der Waals surface area (Å²) in [5.41, 5.74) is 0.209. The van der Waals surface area contributed by atoms with Crippen molar-refractivity contribution in [3.63, 3.8) is 0 Å². The smallest absolute Gasteiger partial charge is 0.338 e. The monoisotopic (exact) mass is 411 g/mol. The first-order valence-electron chi connectivity index (χ1n) is 7.74. The number of Topliss-reactive ketones (excluding diaryl/α,β-unsaturated/α-hetero) is 1. The number of hydrogen-bond donors (Lipinski definition) is 0. The standard InChI is InChI=1S/C18H18ClNO6S/c1-20(2)27(23,24)17-10-12(8-9-16(17)25-3)18(22)26-11-15(21)13-6-4-5-7-14(13)19/h4-10H,11H2,1-3H3. The lowest BCUT2D eigenvalue weighted by atomic mass is 10.1. The fourth-order valence-electron chi connectivity index (χ4n) is 2.18. The molecule has 0 atom stereocenters. The Balaban J connectivity index is 2.22. The Hall–Kier alpha value is -2.42. The summed E-state index contributed by atoms with van der Waals surface area (Å²) in [5.74, 6) is -1.22. The molecule has 0 bridgehead atoms. The van der Waals surface area contributed by atoms with Gasteiger partial charge >= 0.3 is 5.97 Å². The molecule has 2 aromatic carbocycles. The average molecular weight is 412 g/mol. The number of sulfonamides is 1. The SMILES string of the molecule is COc1ccc(C(=O)OCC(=O)c2ccccc2Cl)cc1S(=O)(=O)N(C)C. The summed E-state index contributed by atoms with van der Waals surface area (Å²) < 4.78 is 35.9. The van der Waals surface area contributed by atoms with E-state index in [1.807, 2.05) is 0 Å². The number of rotatable bonds is 7. The molecule has 144 valence electrons. The van der Waals surface area contributed by atoms with Gasteiger partial charge in [0.2, 0.25) is 15.8 Å². The van der Waals surface area contributed by atoms with E-state index in [4.69, 9.17) is 21.1 Å². The molecule has 0 aliphatic rings. The normalized spacial score (nSPS) is 11.3. The van der Waals surface area contributed by atoms with Crippen LogP contribution in [0.1, 0.15) is 20.7 Å². The number of hydrogen-bond acceptors (Lipinski definition) is 6. The van der Waals surface area contributed by atoms with Gasteiger partial charge in [0.15, 0.2) is 6.61 Å². The molecule has 0 saturated heterocycles. The predicted molar refractivity (Wildman–Crippen MR) is 99.9 cm³/mol. The van der Waals surface area contributed by atoms with E-state index in [-0.39, 0.29) is 26.8 Å². The highest BCUT2D eigenvalue weighted by molar-refractivity contribution is 7.89. The van der Waals surface area contributed by atoms with Crippen LogP contribution in [0.3, 0.4) is 0 Å². The second-order valence-electron chi connectivity index (χ2n) is 5.63. The number of nitrogens with zero attached hydrogens (tertiary/aromatic N) is 1. The molecule has 27 heavy (non-hydrogen) atoms. The Morgan fingerprint density at radius 2 is 1.78 bits per heavy atom. The summed E-state index contributed by atoms with van der Waals surface area (Å²) in [6.45, 7) is -0.523. The predicted octanol–water partition coefficient (Wildman–Crippen LogP) is 2.64. The van der Waals surface area contributed by atoms with Gasteiger partial charge in [0.05, 0.1) is 17.7 Å². The fraction of sp³-hybridized carbons (Fsp3) is 0.222. The minimum Gasteiger partial charge on any atom is -0.495 e. The molecule has 0 amide bonds. The Morgan fingerprint density at radius 3 is 2.37 bits per heavy atom. The van der Waals surface area contributed by atoms with Crippen LogP contribution in [0.25, 0.3) is 0 Å². The van der Waals surface area contributed by atoms with Crippen molar-refractivity contribution in [2.45, 2.75) is 4.90 Å². The number of esters is 1. The van der Waals surface area contributed by atoms with Crippen molar-refractivity contribution in [3.8, 4) is 5.75 Å². The zero-order valence-corrected chi connectivity index (χ0v) is 16.5. The maximum Gasteiger partial charge on any atom is 0.338 e. The largest absolute Gasteiger partial charge is 0.495 e. The van der Waals surface area contributed by atoms with Gasteiger partial charge in [0, 0.05) is 19.7 Å². The summed E-state index contributed by atoms with van der Waals surface area (Å²) in [6.07, 6.45) is 0. The van der Waals surface area contributed by atoms with Crippen LogP contribution in [0, 0.1) is 0 Å². The van der Waals surface area contributed by atoms with Crippen molar-refractivity contribution in [2.75, 3.05) is 27.8 Å². The molecule has 9 heteroatoms. The molecule has 0 N–H and O–H groups in total. The van der Waals surface area contributed by atoms with E-state index in [0.717, 1.165) is 10.4 Å². The molecule has 2 rings (SSSR count). The van der Waals surface area contributed by atoms with Crippen LogP contribution in [-0.4, -0.2) is 52.3 Å². The molecule has 7 nitrogen and oxygen atoms in total. The third kappa shape index (κ3) is 4.65. The van der Waals surface area contributed by atoms with Gasteiger partial charge in [-0.2, -0.15) is 0 Å². The highest BCUT2D eigenvalue weighted by atomic mass is 35.5. The van der Waals surface area contributed by atoms with Crippen LogP contribution in [-0.2, 0) is 14.8 Å². The maximum atomic E-state index is 12.4. The van der Waals surface area contributed by atoms with Gasteiger partial charge in [-0.15, -0.1) is 0 Å². The van der Waals surface area contributed by atoms with Gasteiger partial charge in [-0.3, -0.25) is 4.79 Å². The summed E-state index contributed by atoms with van der Waals surface area (Å²) in [4.78, 5) is 24.2. The highest BCUT2D eigenvalue weighted by Gasteiger charge is 2.24. The molecule has 0 saturated carbocycles. The fourth-order valence-corrected chi connectivity index (χ4v) is 3.50. The summed E-state index contributed by atoms with van der Waals surface area (Å²) in [6, 6.07) is 10.2. The topological polar surface area (TPSA) is 90.0 Å². The molecule has 0 unspecified atom stereocenters. The first-order chi connectivity index (χ1) is 12.7. The van der Waals surface area contributed by atoms with Crippen molar-refractivity contribution < 1.29 is 27.5 Å². The lowest BCUT2D eigenvalue weighted by Crippen LogP contribution is -2.23. The molecule has 0 aliphatic heterocycles. The molecule has 0 heterocycles. The van der Waals surface area contributed by atoms with Gasteiger partial charge in [0.25, 0.3) is 0 Å². The Morgan fingerprint density at radius 1 is 1.11 bits per heavy atom. The molecule has 0 fully saturated rings. The van der Waals surface area contributed by atoms with Gasteiger partial charge < -0.3 is 9.47 Å². The number of benzene rings is 2. The van der Waals surface area contributed by atoms with Crippen LogP contribution in [0.4, 0.5) is 0 Å². The number of carbonyl (C=O) groups is 2. The molecular formula is C18H18ClNO6S. The second kappa shape index (κ2) is 8.51. The molecule has 0 aromatic heterocycles. The summed E-state index contributed by atoms with van der Waals surface area (Å²) in [5, 5.41) is 0.252. The zero-order chi connectivity index (χ0) is 20.2. The minimum atomic E-state index is -3.84. The summed E-state index contributed by atoms with van der Waals surface area (Å²) in [7, 11) is 0.211. The van der Waals surface area contributed by atoms with Crippen LogP contribution in [0.5, 0.6) is 5.75 Å². The lowest BCUT2D eigenvalue weighted by Gasteiger charge is -2.15. The first-order valence-corrected chi connectivity index (χ1v) is 9.55. The Labute approximate surface area is 162 Å². The quantitative estimate of drug-likeness (QED) is 0.514. The van der Waals surface area contributed by atoms with Crippen LogP contribution >= 0.6 is 11.6 Å². The van der Waals surface area contributed by atoms with Crippen molar-refractivity contribution >= 4 is 33.4 Å². The van der Waals surface area contributed by atoms with E-state index in [1.165, 1.54) is 39.4 Å². The third-order valence-electron chi connectivity index (χ3n) is 3.67. The van der Waals surface area contributed by atoms with Crippen LogP contribution < -0.4 is 4.74 Å². The van der Waals surface area contributed by atoms with Gasteiger partial charge in [-0.05, 0) is 30.3 Å². The number of methoxy groups -OCH3 is 1. The van der Waals surface area contributed by atoms with Crippen LogP contribution in [0.15, 0.2) is 47.4 Å². The van der Waals surface area contributed by atoms with Crippen molar-refractivity contribution in [1.29, 1.82) is 0 Å². The van der Waals surface area contributed by atoms with E-state index >= 15 is 0 Å². The molecular weight excluding hydrogens is 394 g/mol. The van der Waals surface area contributed by atoms with Gasteiger partial charge in [-0.25, -0.2) is 17.5 Å². The number of ether oxygens (including phenoxy) is 2. The number of carbonyl (C=O) groups excluding carboxylic acids is 2. The zero-order valence-electron chi connectivity index (χ0n) is 14.9. The number of ketones is 1. The third-order valence-corrected chi connectivity index (χ3v) is 5.83. The molecule has 2 aromatic rings. The minimum absolute atomic E-state index is 0.0248. The van der Waals surface area contributed by atoms with Crippen molar-refractivity contribution in [3.05, 3.63) is 58.6 Å². The molecule has 0 aliphatic carbocycles.